The standard InChI is InChI=1S/C9H14N4O/c10-8-3-11-9(12-4-8)13-2-1-7(5-13)6-14/h3-4,7,14H,1-2,5-6,10H2. The van der Waals surface area contributed by atoms with Gasteiger partial charge in [0, 0.05) is 25.6 Å². The second-order valence-electron chi connectivity index (χ2n) is 3.60. The minimum atomic E-state index is 0.242. The molecule has 1 aromatic rings. The molecular weight excluding hydrogens is 180 g/mol. The van der Waals surface area contributed by atoms with E-state index in [1.165, 1.54) is 0 Å². The van der Waals surface area contributed by atoms with Crippen molar-refractivity contribution in [2.45, 2.75) is 6.42 Å². The van der Waals surface area contributed by atoms with Gasteiger partial charge in [-0.05, 0) is 6.42 Å². The van der Waals surface area contributed by atoms with Crippen LogP contribution in [0.25, 0.3) is 0 Å². The number of nitrogens with two attached hydrogens (primary N) is 1. The molecule has 2 heterocycles. The fourth-order valence-corrected chi connectivity index (χ4v) is 1.66. The molecular formula is C9H14N4O. The lowest BCUT2D eigenvalue weighted by molar-refractivity contribution is 0.238. The van der Waals surface area contributed by atoms with Crippen LogP contribution in [0.4, 0.5) is 11.6 Å². The summed E-state index contributed by atoms with van der Waals surface area (Å²) in [6, 6.07) is 0. The lowest BCUT2D eigenvalue weighted by Crippen LogP contribution is -2.22. The first-order valence-electron chi connectivity index (χ1n) is 4.73. The minimum Gasteiger partial charge on any atom is -0.396 e. The Morgan fingerprint density at radius 2 is 2.21 bits per heavy atom. The minimum absolute atomic E-state index is 0.242. The first kappa shape index (κ1) is 9.21. The Morgan fingerprint density at radius 1 is 1.50 bits per heavy atom. The van der Waals surface area contributed by atoms with Crippen LogP contribution in [-0.2, 0) is 0 Å². The van der Waals surface area contributed by atoms with E-state index in [0.29, 0.717) is 17.6 Å². The molecule has 5 nitrogen and oxygen atoms in total. The van der Waals surface area contributed by atoms with Crippen LogP contribution in [0.5, 0.6) is 0 Å². The molecule has 1 aliphatic heterocycles. The molecule has 0 aromatic carbocycles. The van der Waals surface area contributed by atoms with Crippen LogP contribution < -0.4 is 10.6 Å². The zero-order valence-electron chi connectivity index (χ0n) is 7.93. The number of hydrogen-bond acceptors (Lipinski definition) is 5. The predicted octanol–water partition coefficient (Wildman–Crippen LogP) is -0.123. The maximum Gasteiger partial charge on any atom is 0.225 e. The first-order valence-corrected chi connectivity index (χ1v) is 4.73. The Bertz CT molecular complexity index is 300. The maximum atomic E-state index is 8.99. The zero-order chi connectivity index (χ0) is 9.97. The van der Waals surface area contributed by atoms with Crippen LogP contribution in [0.2, 0.25) is 0 Å². The SMILES string of the molecule is Nc1cnc(N2CCC(CO)C2)nc1. The molecule has 3 N–H and O–H groups in total. The van der Waals surface area contributed by atoms with Crippen LogP contribution in [0.15, 0.2) is 12.4 Å². The molecule has 1 fully saturated rings. The molecule has 0 amide bonds. The number of aromatic nitrogens is 2. The average Bonchev–Trinajstić information content (AvgIpc) is 2.67. The van der Waals surface area contributed by atoms with Crippen molar-refractivity contribution in [2.24, 2.45) is 5.92 Å². The van der Waals surface area contributed by atoms with Crippen LogP contribution in [-0.4, -0.2) is 34.8 Å². The van der Waals surface area contributed by atoms with Gasteiger partial charge in [0.05, 0.1) is 18.1 Å². The van der Waals surface area contributed by atoms with Crippen molar-refractivity contribution in [2.75, 3.05) is 30.3 Å². The number of aliphatic hydroxyl groups excluding tert-OH is 1. The van der Waals surface area contributed by atoms with E-state index in [1.807, 2.05) is 0 Å². The molecule has 76 valence electrons. The monoisotopic (exact) mass is 194 g/mol. The fraction of sp³-hybridized carbons (Fsp3) is 0.556. The van der Waals surface area contributed by atoms with E-state index in [-0.39, 0.29) is 6.61 Å². The molecule has 1 aliphatic rings. The van der Waals surface area contributed by atoms with Crippen molar-refractivity contribution >= 4 is 11.6 Å². The molecule has 0 bridgehead atoms. The Labute approximate surface area is 82.6 Å². The van der Waals surface area contributed by atoms with Crippen molar-refractivity contribution in [1.29, 1.82) is 0 Å². The molecule has 1 aromatic heterocycles. The smallest absolute Gasteiger partial charge is 0.225 e. The molecule has 0 aliphatic carbocycles. The van der Waals surface area contributed by atoms with E-state index in [1.54, 1.807) is 12.4 Å². The van der Waals surface area contributed by atoms with Crippen molar-refractivity contribution in [3.05, 3.63) is 12.4 Å². The third-order valence-corrected chi connectivity index (χ3v) is 2.49. The Morgan fingerprint density at radius 3 is 2.79 bits per heavy atom. The van der Waals surface area contributed by atoms with Gasteiger partial charge in [-0.3, -0.25) is 0 Å². The van der Waals surface area contributed by atoms with Gasteiger partial charge in [0.15, 0.2) is 0 Å². The van der Waals surface area contributed by atoms with Gasteiger partial charge >= 0.3 is 0 Å². The van der Waals surface area contributed by atoms with Gasteiger partial charge in [-0.15, -0.1) is 0 Å². The lowest BCUT2D eigenvalue weighted by Gasteiger charge is -2.15. The van der Waals surface area contributed by atoms with Gasteiger partial charge in [-0.25, -0.2) is 9.97 Å². The molecule has 1 saturated heterocycles. The summed E-state index contributed by atoms with van der Waals surface area (Å²) in [6.07, 6.45) is 4.22. The van der Waals surface area contributed by atoms with Crippen molar-refractivity contribution < 1.29 is 5.11 Å². The van der Waals surface area contributed by atoms with Crippen LogP contribution in [0.1, 0.15) is 6.42 Å². The van der Waals surface area contributed by atoms with Gasteiger partial charge in [0.2, 0.25) is 5.95 Å². The molecule has 0 radical (unpaired) electrons. The summed E-state index contributed by atoms with van der Waals surface area (Å²) < 4.78 is 0. The largest absolute Gasteiger partial charge is 0.396 e. The number of nitrogen functional groups attached to an aromatic ring is 1. The lowest BCUT2D eigenvalue weighted by atomic mass is 10.1. The summed E-state index contributed by atoms with van der Waals surface area (Å²) in [5, 5.41) is 8.99. The highest BCUT2D eigenvalue weighted by Crippen LogP contribution is 2.19. The zero-order valence-corrected chi connectivity index (χ0v) is 7.93. The van der Waals surface area contributed by atoms with Gasteiger partial charge < -0.3 is 15.7 Å². The van der Waals surface area contributed by atoms with Crippen LogP contribution in [0, 0.1) is 5.92 Å². The molecule has 2 rings (SSSR count). The van der Waals surface area contributed by atoms with Gasteiger partial charge in [-0.1, -0.05) is 0 Å². The predicted molar refractivity (Wildman–Crippen MR) is 53.9 cm³/mol. The first-order chi connectivity index (χ1) is 6.79. The van der Waals surface area contributed by atoms with Crippen molar-refractivity contribution in [1.82, 2.24) is 9.97 Å². The average molecular weight is 194 g/mol. The quantitative estimate of drug-likeness (QED) is 0.686. The molecule has 1 atom stereocenters. The fourth-order valence-electron chi connectivity index (χ4n) is 1.66. The van der Waals surface area contributed by atoms with Gasteiger partial charge in [0.25, 0.3) is 0 Å². The Balaban J connectivity index is 2.06. The van der Waals surface area contributed by atoms with Crippen LogP contribution in [0.3, 0.4) is 0 Å². The van der Waals surface area contributed by atoms with E-state index in [4.69, 9.17) is 10.8 Å². The summed E-state index contributed by atoms with van der Waals surface area (Å²) in [5.41, 5.74) is 6.07. The van der Waals surface area contributed by atoms with Crippen molar-refractivity contribution in [3.8, 4) is 0 Å². The Hall–Kier alpha value is -1.36. The third kappa shape index (κ3) is 1.77. The number of aliphatic hydroxyl groups is 1. The maximum absolute atomic E-state index is 8.99. The summed E-state index contributed by atoms with van der Waals surface area (Å²) >= 11 is 0. The summed E-state index contributed by atoms with van der Waals surface area (Å²) in [5.74, 6) is 1.06. The summed E-state index contributed by atoms with van der Waals surface area (Å²) in [6.45, 7) is 1.99. The van der Waals surface area contributed by atoms with Gasteiger partial charge in [-0.2, -0.15) is 0 Å². The summed E-state index contributed by atoms with van der Waals surface area (Å²) in [4.78, 5) is 10.3. The van der Waals surface area contributed by atoms with E-state index in [9.17, 15) is 0 Å². The second kappa shape index (κ2) is 3.79. The van der Waals surface area contributed by atoms with E-state index in [2.05, 4.69) is 14.9 Å². The molecule has 5 heteroatoms. The second-order valence-corrected chi connectivity index (χ2v) is 3.60. The molecule has 1 unspecified atom stereocenters. The van der Waals surface area contributed by atoms with Crippen molar-refractivity contribution in [3.63, 3.8) is 0 Å². The number of rotatable bonds is 2. The number of nitrogens with zero attached hydrogens (tertiary/aromatic N) is 3. The topological polar surface area (TPSA) is 75.3 Å². The summed E-state index contributed by atoms with van der Waals surface area (Å²) in [7, 11) is 0. The highest BCUT2D eigenvalue weighted by molar-refractivity contribution is 5.38. The van der Waals surface area contributed by atoms with E-state index >= 15 is 0 Å². The molecule has 0 saturated carbocycles. The highest BCUT2D eigenvalue weighted by Gasteiger charge is 2.23. The van der Waals surface area contributed by atoms with Crippen LogP contribution >= 0.6 is 0 Å². The molecule has 14 heavy (non-hydrogen) atoms. The van der Waals surface area contributed by atoms with E-state index < -0.39 is 0 Å². The van der Waals surface area contributed by atoms with Gasteiger partial charge in [0.1, 0.15) is 0 Å². The highest BCUT2D eigenvalue weighted by atomic mass is 16.3. The number of hydrogen-bond donors (Lipinski definition) is 2. The third-order valence-electron chi connectivity index (χ3n) is 2.49. The Kier molecular flexibility index (Phi) is 2.49. The molecule has 0 spiro atoms. The number of anilines is 2. The normalized spacial score (nSPS) is 21.5. The van der Waals surface area contributed by atoms with E-state index in [0.717, 1.165) is 19.5 Å².